The number of hydrogen-bond acceptors (Lipinski definition) is 4. The van der Waals surface area contributed by atoms with Crippen LogP contribution in [0.3, 0.4) is 0 Å². The Bertz CT molecular complexity index is 1580. The molecule has 1 aliphatic heterocycles. The third kappa shape index (κ3) is 5.28. The van der Waals surface area contributed by atoms with Gasteiger partial charge in [0, 0.05) is 33.4 Å². The van der Waals surface area contributed by atoms with Gasteiger partial charge in [-0.2, -0.15) is 0 Å². The molecule has 1 aliphatic rings. The third-order valence-corrected chi connectivity index (χ3v) is 7.02. The van der Waals surface area contributed by atoms with Crippen LogP contribution < -0.4 is 5.32 Å². The molecular formula is C27H18ClF2N3O3S. The number of amides is 3. The van der Waals surface area contributed by atoms with E-state index in [0.29, 0.717) is 16.8 Å². The average molecular weight is 538 g/mol. The van der Waals surface area contributed by atoms with Crippen molar-refractivity contribution in [1.82, 2.24) is 9.47 Å². The van der Waals surface area contributed by atoms with Crippen LogP contribution in [-0.2, 0) is 22.7 Å². The minimum absolute atomic E-state index is 0.0176. The van der Waals surface area contributed by atoms with E-state index >= 15 is 0 Å². The zero-order chi connectivity index (χ0) is 26.1. The smallest absolute Gasteiger partial charge is 0.293 e. The first-order valence-corrected chi connectivity index (χ1v) is 12.3. The predicted octanol–water partition coefficient (Wildman–Crippen LogP) is 6.45. The number of hydrogen-bond donors (Lipinski definition) is 1. The van der Waals surface area contributed by atoms with Crippen molar-refractivity contribution in [1.29, 1.82) is 0 Å². The number of thioether (sulfide) groups is 1. The summed E-state index contributed by atoms with van der Waals surface area (Å²) in [5.74, 6) is -1.70. The fourth-order valence-corrected chi connectivity index (χ4v) is 5.06. The molecule has 1 aromatic heterocycles. The summed E-state index contributed by atoms with van der Waals surface area (Å²) in [6.45, 7) is -0.0945. The van der Waals surface area contributed by atoms with Crippen LogP contribution in [-0.4, -0.2) is 26.5 Å². The van der Waals surface area contributed by atoms with Gasteiger partial charge >= 0.3 is 0 Å². The normalized spacial score (nSPS) is 14.7. The van der Waals surface area contributed by atoms with Gasteiger partial charge in [0.15, 0.2) is 0 Å². The van der Waals surface area contributed by atoms with Crippen LogP contribution in [0.5, 0.6) is 0 Å². The molecule has 186 valence electrons. The Morgan fingerprint density at radius 3 is 2.49 bits per heavy atom. The number of halogens is 3. The van der Waals surface area contributed by atoms with Gasteiger partial charge in [-0.25, -0.2) is 8.78 Å². The predicted molar refractivity (Wildman–Crippen MR) is 140 cm³/mol. The quantitative estimate of drug-likeness (QED) is 0.287. The maximum Gasteiger partial charge on any atom is 0.293 e. The first-order valence-electron chi connectivity index (χ1n) is 11.1. The van der Waals surface area contributed by atoms with Gasteiger partial charge in [-0.1, -0.05) is 35.9 Å². The summed E-state index contributed by atoms with van der Waals surface area (Å²) in [5.41, 5.74) is 2.35. The van der Waals surface area contributed by atoms with Crippen molar-refractivity contribution in [2.45, 2.75) is 13.1 Å². The maximum absolute atomic E-state index is 13.4. The Morgan fingerprint density at radius 2 is 1.73 bits per heavy atom. The molecule has 0 aliphatic carbocycles. The minimum atomic E-state index is -0.509. The highest BCUT2D eigenvalue weighted by Gasteiger charge is 2.35. The number of carbonyl (C=O) groups excluding carboxylic acids is 3. The number of anilines is 1. The average Bonchev–Trinajstić information content (AvgIpc) is 3.34. The molecule has 0 unspecified atom stereocenters. The van der Waals surface area contributed by atoms with Crippen molar-refractivity contribution >= 4 is 63.1 Å². The summed E-state index contributed by atoms with van der Waals surface area (Å²) in [6, 6.07) is 16.6. The molecule has 3 amide bonds. The molecular weight excluding hydrogens is 520 g/mol. The van der Waals surface area contributed by atoms with Crippen molar-refractivity contribution in [3.05, 3.63) is 106 Å². The van der Waals surface area contributed by atoms with E-state index in [-0.39, 0.29) is 28.9 Å². The molecule has 6 nitrogen and oxygen atoms in total. The number of imide groups is 1. The van der Waals surface area contributed by atoms with E-state index in [1.807, 2.05) is 24.3 Å². The topological polar surface area (TPSA) is 71.4 Å². The lowest BCUT2D eigenvalue weighted by atomic mass is 10.1. The third-order valence-electron chi connectivity index (χ3n) is 5.77. The van der Waals surface area contributed by atoms with Gasteiger partial charge in [0.2, 0.25) is 5.91 Å². The highest BCUT2D eigenvalue weighted by Crippen LogP contribution is 2.35. The number of rotatable bonds is 6. The monoisotopic (exact) mass is 537 g/mol. The van der Waals surface area contributed by atoms with Crippen LogP contribution in [0.15, 0.2) is 77.8 Å². The molecule has 0 spiro atoms. The number of nitrogens with one attached hydrogen (secondary N) is 1. The SMILES string of the molecule is O=C(Cn1cc(/C=C2\SC(=O)N(Cc3ccc(F)cc3Cl)C2=O)c2ccccc21)Nc1ccc(F)cc1. The molecule has 0 atom stereocenters. The molecule has 1 saturated heterocycles. The summed E-state index contributed by atoms with van der Waals surface area (Å²) >= 11 is 6.88. The van der Waals surface area contributed by atoms with Gasteiger partial charge in [-0.05, 0) is 65.9 Å². The summed E-state index contributed by atoms with van der Waals surface area (Å²) in [6.07, 6.45) is 3.35. The lowest BCUT2D eigenvalue weighted by Gasteiger charge is -2.13. The number of carbonyl (C=O) groups is 3. The Labute approximate surface area is 219 Å². The van der Waals surface area contributed by atoms with Gasteiger partial charge < -0.3 is 9.88 Å². The second-order valence-corrected chi connectivity index (χ2v) is 9.69. The van der Waals surface area contributed by atoms with Gasteiger partial charge in [-0.3, -0.25) is 19.3 Å². The molecule has 10 heteroatoms. The van der Waals surface area contributed by atoms with E-state index in [0.717, 1.165) is 33.6 Å². The molecule has 0 bridgehead atoms. The second-order valence-electron chi connectivity index (χ2n) is 8.29. The molecule has 0 saturated carbocycles. The summed E-state index contributed by atoms with van der Waals surface area (Å²) in [4.78, 5) is 39.6. The lowest BCUT2D eigenvalue weighted by Crippen LogP contribution is -2.27. The molecule has 2 heterocycles. The molecule has 37 heavy (non-hydrogen) atoms. The number of fused-ring (bicyclic) bond motifs is 1. The van der Waals surface area contributed by atoms with E-state index in [4.69, 9.17) is 11.6 Å². The number of nitrogens with zero attached hydrogens (tertiary/aromatic N) is 2. The van der Waals surface area contributed by atoms with E-state index in [1.54, 1.807) is 16.8 Å². The first kappa shape index (κ1) is 24.7. The van der Waals surface area contributed by atoms with Crippen molar-refractivity contribution in [2.24, 2.45) is 0 Å². The molecule has 5 rings (SSSR count). The van der Waals surface area contributed by atoms with Gasteiger partial charge in [0.25, 0.3) is 11.1 Å². The summed E-state index contributed by atoms with van der Waals surface area (Å²) in [5, 5.41) is 3.20. The van der Waals surface area contributed by atoms with Gasteiger partial charge in [0.1, 0.15) is 18.2 Å². The van der Waals surface area contributed by atoms with Crippen LogP contribution in [0.2, 0.25) is 5.02 Å². The summed E-state index contributed by atoms with van der Waals surface area (Å²) in [7, 11) is 0. The van der Waals surface area contributed by atoms with Crippen molar-refractivity contribution < 1.29 is 23.2 Å². The van der Waals surface area contributed by atoms with Crippen molar-refractivity contribution in [2.75, 3.05) is 5.32 Å². The van der Waals surface area contributed by atoms with E-state index in [2.05, 4.69) is 5.32 Å². The zero-order valence-corrected chi connectivity index (χ0v) is 20.7. The van der Waals surface area contributed by atoms with Crippen LogP contribution in [0, 0.1) is 11.6 Å². The zero-order valence-electron chi connectivity index (χ0n) is 19.1. The Morgan fingerprint density at radius 1 is 1.00 bits per heavy atom. The molecule has 3 aromatic carbocycles. The van der Waals surface area contributed by atoms with Crippen LogP contribution in [0.1, 0.15) is 11.1 Å². The second kappa shape index (κ2) is 10.2. The van der Waals surface area contributed by atoms with Crippen LogP contribution in [0.25, 0.3) is 17.0 Å². The van der Waals surface area contributed by atoms with Crippen molar-refractivity contribution in [3.63, 3.8) is 0 Å². The van der Waals surface area contributed by atoms with Gasteiger partial charge in [0.05, 0.1) is 11.4 Å². The molecule has 0 radical (unpaired) electrons. The van der Waals surface area contributed by atoms with E-state index < -0.39 is 22.8 Å². The summed E-state index contributed by atoms with van der Waals surface area (Å²) < 4.78 is 28.2. The Kier molecular flexibility index (Phi) is 6.82. The van der Waals surface area contributed by atoms with Crippen LogP contribution in [0.4, 0.5) is 19.3 Å². The maximum atomic E-state index is 13.4. The Hall–Kier alpha value is -3.95. The highest BCUT2D eigenvalue weighted by molar-refractivity contribution is 8.18. The van der Waals surface area contributed by atoms with Crippen molar-refractivity contribution in [3.8, 4) is 0 Å². The Balaban J connectivity index is 1.39. The first-order chi connectivity index (χ1) is 17.8. The number of para-hydroxylation sites is 1. The lowest BCUT2D eigenvalue weighted by molar-refractivity contribution is -0.123. The number of aromatic nitrogens is 1. The largest absolute Gasteiger partial charge is 0.337 e. The van der Waals surface area contributed by atoms with E-state index in [9.17, 15) is 23.2 Å². The fraction of sp³-hybridized carbons (Fsp3) is 0.0741. The van der Waals surface area contributed by atoms with Gasteiger partial charge in [-0.15, -0.1) is 0 Å². The van der Waals surface area contributed by atoms with E-state index in [1.165, 1.54) is 36.4 Å². The standard InChI is InChI=1S/C27H18ClF2N3O3S/c28-22-12-19(30)6-5-16(22)14-33-26(35)24(37-27(33)36)11-17-13-32(23-4-2-1-3-21(17)23)15-25(34)31-20-9-7-18(29)8-10-20/h1-13H,14-15H2,(H,31,34)/b24-11-. The molecule has 4 aromatic rings. The number of benzene rings is 3. The minimum Gasteiger partial charge on any atom is -0.337 e. The highest BCUT2D eigenvalue weighted by atomic mass is 35.5. The molecule has 1 fully saturated rings. The van der Waals surface area contributed by atoms with Crippen LogP contribution >= 0.6 is 23.4 Å². The molecule has 1 N–H and O–H groups in total. The fourth-order valence-electron chi connectivity index (χ4n) is 4.01.